The number of hydrogen-bond acceptors (Lipinski definition) is 7. The zero-order chi connectivity index (χ0) is 31.8. The zero-order valence-electron chi connectivity index (χ0n) is 27.5. The number of pyridine rings is 1. The molecule has 0 radical (unpaired) electrons. The lowest BCUT2D eigenvalue weighted by atomic mass is 9.76. The van der Waals surface area contributed by atoms with Crippen LogP contribution in [-0.4, -0.2) is 51.4 Å². The number of ether oxygens (including phenoxy) is 2. The van der Waals surface area contributed by atoms with Crippen molar-refractivity contribution in [2.24, 2.45) is 5.41 Å². The van der Waals surface area contributed by atoms with E-state index >= 15 is 0 Å². The molecule has 8 nitrogen and oxygen atoms in total. The smallest absolute Gasteiger partial charge is 0.339 e. The minimum absolute atomic E-state index is 0.238. The number of carbonyl (C=O) groups excluding carboxylic acids is 1. The number of hydrogen-bond donors (Lipinski definition) is 0. The minimum atomic E-state index is -0.943. The third-order valence-electron chi connectivity index (χ3n) is 9.27. The average molecular weight is 608 g/mol. The number of allylic oxidation sites excluding steroid dienone is 2. The van der Waals surface area contributed by atoms with Gasteiger partial charge in [0.05, 0.1) is 24.0 Å². The van der Waals surface area contributed by atoms with Crippen molar-refractivity contribution in [3.05, 3.63) is 77.8 Å². The second-order valence-electron chi connectivity index (χ2n) is 13.8. The number of anilines is 1. The van der Waals surface area contributed by atoms with E-state index in [0.29, 0.717) is 5.56 Å². The highest BCUT2D eigenvalue weighted by atomic mass is 16.6. The topological polar surface area (TPSA) is 81.8 Å². The number of aromatic nitrogens is 4. The van der Waals surface area contributed by atoms with Crippen LogP contribution in [0.1, 0.15) is 82.7 Å². The largest absolute Gasteiger partial charge is 0.467 e. The first-order valence-corrected chi connectivity index (χ1v) is 16.1. The average Bonchev–Trinajstić information content (AvgIpc) is 3.44. The number of piperidine rings is 1. The first-order chi connectivity index (χ1) is 21.5. The first kappa shape index (κ1) is 31.0. The normalized spacial score (nSPS) is 18.1. The third kappa shape index (κ3) is 6.52. The third-order valence-corrected chi connectivity index (χ3v) is 9.27. The molecule has 1 fully saturated rings. The molecule has 0 aliphatic carbocycles. The predicted octanol–water partition coefficient (Wildman–Crippen LogP) is 7.69. The molecule has 8 heteroatoms. The monoisotopic (exact) mass is 607 g/mol. The summed E-state index contributed by atoms with van der Waals surface area (Å²) in [6.45, 7) is 11.9. The van der Waals surface area contributed by atoms with Gasteiger partial charge < -0.3 is 14.4 Å². The Balaban J connectivity index is 1.56. The maximum Gasteiger partial charge on any atom is 0.339 e. The Bertz CT molecular complexity index is 1730. The van der Waals surface area contributed by atoms with E-state index in [1.165, 1.54) is 12.7 Å². The van der Waals surface area contributed by atoms with E-state index in [-0.39, 0.29) is 5.41 Å². The zero-order valence-corrected chi connectivity index (χ0v) is 27.5. The van der Waals surface area contributed by atoms with Gasteiger partial charge in [0.2, 0.25) is 0 Å². The molecule has 6 heterocycles. The van der Waals surface area contributed by atoms with Crippen molar-refractivity contribution >= 4 is 17.4 Å². The molecule has 6 bridgehead atoms. The molecule has 45 heavy (non-hydrogen) atoms. The highest BCUT2D eigenvalue weighted by Crippen LogP contribution is 2.41. The van der Waals surface area contributed by atoms with Gasteiger partial charge in [-0.15, -0.1) is 0 Å². The van der Waals surface area contributed by atoms with Crippen molar-refractivity contribution in [2.45, 2.75) is 84.8 Å². The summed E-state index contributed by atoms with van der Waals surface area (Å²) in [5, 5.41) is 5.18. The summed E-state index contributed by atoms with van der Waals surface area (Å²) < 4.78 is 13.6. The van der Waals surface area contributed by atoms with Gasteiger partial charge in [0.1, 0.15) is 5.82 Å². The van der Waals surface area contributed by atoms with Gasteiger partial charge in [-0.2, -0.15) is 9.61 Å². The maximum atomic E-state index is 13.4. The molecule has 7 rings (SSSR count). The molecule has 0 saturated carbocycles. The van der Waals surface area contributed by atoms with Gasteiger partial charge in [-0.05, 0) is 94.9 Å². The van der Waals surface area contributed by atoms with Crippen LogP contribution in [0.25, 0.3) is 28.0 Å². The first-order valence-electron chi connectivity index (χ1n) is 16.1. The second-order valence-corrected chi connectivity index (χ2v) is 13.8. The molecule has 3 aliphatic rings. The van der Waals surface area contributed by atoms with Gasteiger partial charge in [-0.3, -0.25) is 4.98 Å². The van der Waals surface area contributed by atoms with Gasteiger partial charge in [-0.1, -0.05) is 37.3 Å². The number of benzene rings is 1. The summed E-state index contributed by atoms with van der Waals surface area (Å²) >= 11 is 0. The van der Waals surface area contributed by atoms with E-state index in [0.717, 1.165) is 91.2 Å². The van der Waals surface area contributed by atoms with Crippen molar-refractivity contribution in [3.8, 4) is 22.4 Å². The molecule has 1 saturated heterocycles. The van der Waals surface area contributed by atoms with Crippen molar-refractivity contribution < 1.29 is 14.3 Å². The Hall–Kier alpha value is -4.04. The molecule has 1 atom stereocenters. The second kappa shape index (κ2) is 12.4. The van der Waals surface area contributed by atoms with Crippen LogP contribution in [-0.2, 0) is 20.7 Å². The van der Waals surface area contributed by atoms with Crippen LogP contribution in [0.15, 0.2) is 60.9 Å². The molecular weight excluding hydrogens is 562 g/mol. The summed E-state index contributed by atoms with van der Waals surface area (Å²) in [7, 11) is 1.41. The Morgan fingerprint density at radius 2 is 1.78 bits per heavy atom. The van der Waals surface area contributed by atoms with Crippen LogP contribution in [0.3, 0.4) is 0 Å². The number of esters is 1. The Morgan fingerprint density at radius 3 is 2.53 bits per heavy atom. The minimum Gasteiger partial charge on any atom is -0.467 e. The van der Waals surface area contributed by atoms with Gasteiger partial charge >= 0.3 is 5.97 Å². The highest BCUT2D eigenvalue weighted by molar-refractivity contribution is 5.81. The summed E-state index contributed by atoms with van der Waals surface area (Å²) in [4.78, 5) is 25.2. The predicted molar refractivity (Wildman–Crippen MR) is 178 cm³/mol. The molecule has 4 aromatic rings. The maximum absolute atomic E-state index is 13.4. The van der Waals surface area contributed by atoms with Crippen LogP contribution in [0, 0.1) is 12.3 Å². The Labute approximate surface area is 266 Å². The number of nitrogens with zero attached hydrogens (tertiary/aromatic N) is 5. The van der Waals surface area contributed by atoms with E-state index in [2.05, 4.69) is 59.3 Å². The molecule has 0 spiro atoms. The number of aryl methyl sites for hydroxylation is 2. The van der Waals surface area contributed by atoms with E-state index in [4.69, 9.17) is 19.6 Å². The fourth-order valence-corrected chi connectivity index (χ4v) is 6.71. The lowest BCUT2D eigenvalue weighted by Crippen LogP contribution is -2.41. The summed E-state index contributed by atoms with van der Waals surface area (Å²) in [5.74, 6) is 0.413. The van der Waals surface area contributed by atoms with Crippen molar-refractivity contribution in [1.29, 1.82) is 0 Å². The molecule has 3 aromatic heterocycles. The van der Waals surface area contributed by atoms with Gasteiger partial charge in [-0.25, -0.2) is 9.78 Å². The Kier molecular flexibility index (Phi) is 8.53. The summed E-state index contributed by atoms with van der Waals surface area (Å²) in [6, 6.07) is 12.7. The number of carbonyl (C=O) groups is 1. The molecule has 0 unspecified atom stereocenters. The van der Waals surface area contributed by atoms with Crippen molar-refractivity contribution in [1.82, 2.24) is 19.6 Å². The fraction of sp³-hybridized carbons (Fsp3) is 0.459. The van der Waals surface area contributed by atoms with Crippen molar-refractivity contribution in [3.63, 3.8) is 0 Å². The standard InChI is InChI=1S/C37H45N5O3/c1-25-32(33(35(43)44-6)45-36(2,3)4)34-41-20-17-37(5,18-21-41)16-10-8-7-9-12-26-15-19-38-24-29(26)27-13-11-14-28(22-27)30-23-31(39-25)42(34)40-30/h7-8,11,13-15,19,22-24,33H,9-10,12,16-18,20-21H2,1-6H3/b8-7+/t33-/m0/s1. The number of fused-ring (bicyclic) bond motifs is 6. The summed E-state index contributed by atoms with van der Waals surface area (Å²) in [6.07, 6.45) is 13.9. The number of rotatable bonds is 3. The van der Waals surface area contributed by atoms with E-state index < -0.39 is 17.7 Å². The quantitative estimate of drug-likeness (QED) is 0.174. The Morgan fingerprint density at radius 1 is 1.02 bits per heavy atom. The summed E-state index contributed by atoms with van der Waals surface area (Å²) in [5.41, 5.74) is 7.19. The highest BCUT2D eigenvalue weighted by Gasteiger charge is 2.37. The number of methoxy groups -OCH3 is 1. The van der Waals surface area contributed by atoms with Crippen LogP contribution >= 0.6 is 0 Å². The molecular formula is C37H45N5O3. The van der Waals surface area contributed by atoms with Crippen LogP contribution in [0.2, 0.25) is 0 Å². The molecule has 236 valence electrons. The van der Waals surface area contributed by atoms with Crippen molar-refractivity contribution in [2.75, 3.05) is 25.1 Å². The van der Waals surface area contributed by atoms with E-state index in [9.17, 15) is 4.79 Å². The lowest BCUT2D eigenvalue weighted by molar-refractivity contribution is -0.164. The lowest BCUT2D eigenvalue weighted by Gasteiger charge is -2.41. The van der Waals surface area contributed by atoms with E-state index in [1.54, 1.807) is 0 Å². The molecule has 0 N–H and O–H groups in total. The van der Waals surface area contributed by atoms with Crippen LogP contribution in [0.5, 0.6) is 0 Å². The SMILES string of the molecule is COC(=O)[C@@H](OC(C)(C)C)c1c(C)nc2cc3nn2c1N1CCC(C)(CC/C=C/CCc2ccncc2-c2cccc-3c2)CC1. The van der Waals surface area contributed by atoms with E-state index in [1.807, 2.05) is 50.7 Å². The van der Waals surface area contributed by atoms with Gasteiger partial charge in [0.25, 0.3) is 0 Å². The molecule has 1 aromatic carbocycles. The van der Waals surface area contributed by atoms with Gasteiger partial charge in [0, 0.05) is 48.4 Å². The fourth-order valence-electron chi connectivity index (χ4n) is 6.71. The molecule has 0 amide bonds. The van der Waals surface area contributed by atoms with Crippen LogP contribution in [0.4, 0.5) is 5.82 Å². The van der Waals surface area contributed by atoms with Gasteiger partial charge in [0.15, 0.2) is 11.8 Å². The molecule has 3 aliphatic heterocycles. The van der Waals surface area contributed by atoms with Crippen LogP contribution < -0.4 is 4.90 Å².